The highest BCUT2D eigenvalue weighted by Gasteiger charge is 2.08. The molecule has 1 aromatic carbocycles. The molecule has 0 aliphatic heterocycles. The Morgan fingerprint density at radius 2 is 2.18 bits per heavy atom. The van der Waals surface area contributed by atoms with Crippen molar-refractivity contribution in [3.8, 4) is 17.0 Å². The van der Waals surface area contributed by atoms with Crippen LogP contribution in [0.15, 0.2) is 36.5 Å². The molecule has 4 heteroatoms. The number of benzene rings is 1. The van der Waals surface area contributed by atoms with Crippen LogP contribution in [0, 0.1) is 0 Å². The van der Waals surface area contributed by atoms with Crippen LogP contribution in [-0.2, 0) is 6.61 Å². The summed E-state index contributed by atoms with van der Waals surface area (Å²) in [6.07, 6.45) is 1.67. The summed E-state index contributed by atoms with van der Waals surface area (Å²) < 4.78 is 5.19. The Kier molecular flexibility index (Phi) is 3.61. The van der Waals surface area contributed by atoms with E-state index in [2.05, 4.69) is 4.98 Å². The normalized spacial score (nSPS) is 10.3. The summed E-state index contributed by atoms with van der Waals surface area (Å²) >= 11 is 6.05. The third kappa shape index (κ3) is 2.40. The predicted molar refractivity (Wildman–Crippen MR) is 67.2 cm³/mol. The molecule has 1 N–H and O–H groups in total. The standard InChI is InChI=1S/C13H12ClNO2/c1-17-13-11(3-2-6-15-13)9-4-5-10(8-16)12(14)7-9/h2-7,16H,8H2,1H3. The lowest BCUT2D eigenvalue weighted by molar-refractivity contribution is 0.282. The highest BCUT2D eigenvalue weighted by Crippen LogP contribution is 2.30. The first kappa shape index (κ1) is 11.9. The van der Waals surface area contributed by atoms with E-state index in [9.17, 15) is 0 Å². The average Bonchev–Trinajstić information content (AvgIpc) is 2.38. The van der Waals surface area contributed by atoms with Crippen molar-refractivity contribution in [2.45, 2.75) is 6.61 Å². The van der Waals surface area contributed by atoms with Crippen molar-refractivity contribution in [3.05, 3.63) is 47.1 Å². The van der Waals surface area contributed by atoms with Crippen LogP contribution in [0.25, 0.3) is 11.1 Å². The quantitative estimate of drug-likeness (QED) is 0.910. The van der Waals surface area contributed by atoms with E-state index >= 15 is 0 Å². The van der Waals surface area contributed by atoms with E-state index in [4.69, 9.17) is 21.4 Å². The molecule has 0 bridgehead atoms. The SMILES string of the molecule is COc1ncccc1-c1ccc(CO)c(Cl)c1. The Bertz CT molecular complexity index is 529. The van der Waals surface area contributed by atoms with Gasteiger partial charge in [-0.2, -0.15) is 0 Å². The third-order valence-electron chi connectivity index (χ3n) is 2.50. The van der Waals surface area contributed by atoms with Crippen LogP contribution in [0.2, 0.25) is 5.02 Å². The molecule has 1 heterocycles. The number of hydrogen-bond acceptors (Lipinski definition) is 3. The molecule has 0 radical (unpaired) electrons. The maximum absolute atomic E-state index is 9.06. The van der Waals surface area contributed by atoms with Gasteiger partial charge in [-0.3, -0.25) is 0 Å². The molecule has 88 valence electrons. The monoisotopic (exact) mass is 249 g/mol. The summed E-state index contributed by atoms with van der Waals surface area (Å²) in [5.41, 5.74) is 2.50. The molecular weight excluding hydrogens is 238 g/mol. The summed E-state index contributed by atoms with van der Waals surface area (Å²) in [6.45, 7) is -0.0662. The number of aliphatic hydroxyl groups is 1. The number of rotatable bonds is 3. The van der Waals surface area contributed by atoms with E-state index in [1.807, 2.05) is 18.2 Å². The molecule has 3 nitrogen and oxygen atoms in total. The second-order valence-corrected chi connectivity index (χ2v) is 3.93. The van der Waals surface area contributed by atoms with Gasteiger partial charge in [0.25, 0.3) is 0 Å². The van der Waals surface area contributed by atoms with E-state index in [0.717, 1.165) is 11.1 Å². The van der Waals surface area contributed by atoms with Crippen LogP contribution in [0.1, 0.15) is 5.56 Å². The van der Waals surface area contributed by atoms with Crippen molar-refractivity contribution in [2.24, 2.45) is 0 Å². The summed E-state index contributed by atoms with van der Waals surface area (Å²) in [6, 6.07) is 9.23. The first-order valence-electron chi connectivity index (χ1n) is 5.15. The molecule has 0 aliphatic rings. The molecule has 0 fully saturated rings. The van der Waals surface area contributed by atoms with Gasteiger partial charge in [0.2, 0.25) is 5.88 Å². The molecule has 0 saturated heterocycles. The van der Waals surface area contributed by atoms with Crippen LogP contribution in [-0.4, -0.2) is 17.2 Å². The Balaban J connectivity index is 2.49. The van der Waals surface area contributed by atoms with Gasteiger partial charge < -0.3 is 9.84 Å². The van der Waals surface area contributed by atoms with Gasteiger partial charge in [0, 0.05) is 16.8 Å². The van der Waals surface area contributed by atoms with Gasteiger partial charge in [-0.05, 0) is 29.3 Å². The Hall–Kier alpha value is -1.58. The maximum Gasteiger partial charge on any atom is 0.221 e. The summed E-state index contributed by atoms with van der Waals surface area (Å²) in [5, 5.41) is 9.60. The van der Waals surface area contributed by atoms with Crippen molar-refractivity contribution in [2.75, 3.05) is 7.11 Å². The van der Waals surface area contributed by atoms with Crippen LogP contribution in [0.4, 0.5) is 0 Å². The number of ether oxygens (including phenoxy) is 1. The number of aliphatic hydroxyl groups excluding tert-OH is 1. The van der Waals surface area contributed by atoms with E-state index in [1.54, 1.807) is 25.4 Å². The zero-order valence-electron chi connectivity index (χ0n) is 9.35. The molecule has 1 aromatic heterocycles. The molecule has 0 aliphatic carbocycles. The average molecular weight is 250 g/mol. The fourth-order valence-electron chi connectivity index (χ4n) is 1.62. The molecule has 0 amide bonds. The number of nitrogens with zero attached hydrogens (tertiary/aromatic N) is 1. The predicted octanol–water partition coefficient (Wildman–Crippen LogP) is 2.90. The van der Waals surface area contributed by atoms with E-state index in [-0.39, 0.29) is 6.61 Å². The molecule has 0 saturated carbocycles. The van der Waals surface area contributed by atoms with Crippen LogP contribution in [0.3, 0.4) is 0 Å². The second-order valence-electron chi connectivity index (χ2n) is 3.52. The van der Waals surface area contributed by atoms with Crippen LogP contribution in [0.5, 0.6) is 5.88 Å². The lowest BCUT2D eigenvalue weighted by Gasteiger charge is -2.08. The van der Waals surface area contributed by atoms with Crippen molar-refractivity contribution in [3.63, 3.8) is 0 Å². The number of aromatic nitrogens is 1. The van der Waals surface area contributed by atoms with Gasteiger partial charge in [-0.25, -0.2) is 4.98 Å². The fraction of sp³-hybridized carbons (Fsp3) is 0.154. The zero-order chi connectivity index (χ0) is 12.3. The van der Waals surface area contributed by atoms with Crippen molar-refractivity contribution in [1.82, 2.24) is 4.98 Å². The maximum atomic E-state index is 9.06. The van der Waals surface area contributed by atoms with Gasteiger partial charge >= 0.3 is 0 Å². The van der Waals surface area contributed by atoms with Crippen LogP contribution >= 0.6 is 11.6 Å². The minimum atomic E-state index is -0.0662. The van der Waals surface area contributed by atoms with Crippen LogP contribution < -0.4 is 4.74 Å². The molecule has 0 atom stereocenters. The van der Waals surface area contributed by atoms with Gasteiger partial charge in [0.15, 0.2) is 0 Å². The first-order valence-corrected chi connectivity index (χ1v) is 5.52. The van der Waals surface area contributed by atoms with Gasteiger partial charge in [-0.15, -0.1) is 0 Å². The molecule has 0 unspecified atom stereocenters. The number of pyridine rings is 1. The van der Waals surface area contributed by atoms with Crippen molar-refractivity contribution < 1.29 is 9.84 Å². The molecule has 2 rings (SSSR count). The van der Waals surface area contributed by atoms with E-state index < -0.39 is 0 Å². The summed E-state index contributed by atoms with van der Waals surface area (Å²) in [4.78, 5) is 4.13. The molecule has 2 aromatic rings. The fourth-order valence-corrected chi connectivity index (χ4v) is 1.86. The minimum Gasteiger partial charge on any atom is -0.481 e. The van der Waals surface area contributed by atoms with Gasteiger partial charge in [0.1, 0.15) is 0 Å². The summed E-state index contributed by atoms with van der Waals surface area (Å²) in [5.74, 6) is 0.556. The summed E-state index contributed by atoms with van der Waals surface area (Å²) in [7, 11) is 1.58. The lowest BCUT2D eigenvalue weighted by Crippen LogP contribution is -1.92. The number of halogens is 1. The Morgan fingerprint density at radius 3 is 2.82 bits per heavy atom. The smallest absolute Gasteiger partial charge is 0.221 e. The highest BCUT2D eigenvalue weighted by atomic mass is 35.5. The molecule has 0 spiro atoms. The highest BCUT2D eigenvalue weighted by molar-refractivity contribution is 6.31. The Labute approximate surface area is 105 Å². The molecule has 17 heavy (non-hydrogen) atoms. The number of methoxy groups -OCH3 is 1. The van der Waals surface area contributed by atoms with E-state index in [0.29, 0.717) is 16.5 Å². The van der Waals surface area contributed by atoms with Crippen molar-refractivity contribution >= 4 is 11.6 Å². The minimum absolute atomic E-state index is 0.0662. The Morgan fingerprint density at radius 1 is 1.35 bits per heavy atom. The second kappa shape index (κ2) is 5.17. The number of hydrogen-bond donors (Lipinski definition) is 1. The lowest BCUT2D eigenvalue weighted by atomic mass is 10.1. The van der Waals surface area contributed by atoms with Crippen molar-refractivity contribution in [1.29, 1.82) is 0 Å². The topological polar surface area (TPSA) is 42.4 Å². The van der Waals surface area contributed by atoms with Gasteiger partial charge in [0.05, 0.1) is 13.7 Å². The zero-order valence-corrected chi connectivity index (χ0v) is 10.1. The first-order chi connectivity index (χ1) is 8.26. The third-order valence-corrected chi connectivity index (χ3v) is 2.85. The van der Waals surface area contributed by atoms with E-state index in [1.165, 1.54) is 0 Å². The molecular formula is C13H12ClNO2. The van der Waals surface area contributed by atoms with Gasteiger partial charge in [-0.1, -0.05) is 23.7 Å². The largest absolute Gasteiger partial charge is 0.481 e.